The maximum atomic E-state index is 11.8. The van der Waals surface area contributed by atoms with Gasteiger partial charge in [-0.3, -0.25) is 0 Å². The molecule has 0 radical (unpaired) electrons. The minimum absolute atomic E-state index is 0.304. The zero-order valence-electron chi connectivity index (χ0n) is 12.2. The molecule has 0 aromatic heterocycles. The van der Waals surface area contributed by atoms with Crippen molar-refractivity contribution in [1.82, 2.24) is 0 Å². The molecule has 4 nitrogen and oxygen atoms in total. The van der Waals surface area contributed by atoms with Crippen LogP contribution < -0.4 is 11.1 Å². The van der Waals surface area contributed by atoms with Crippen LogP contribution in [0.2, 0.25) is 5.02 Å². The number of halogens is 1. The Balaban J connectivity index is 2.40. The van der Waals surface area contributed by atoms with E-state index >= 15 is 0 Å². The summed E-state index contributed by atoms with van der Waals surface area (Å²) >= 11 is 6.22. The standard InChI is InChI=1S/C17H17ClN2O2/c1-2-22-17(21)11-16(12-7-3-4-8-13(12)18)20-15-10-6-5-9-14(15)19/h3-11,20H,2,19H2,1H3/b16-11+. The molecule has 0 bridgehead atoms. The zero-order valence-corrected chi connectivity index (χ0v) is 12.9. The van der Waals surface area contributed by atoms with Gasteiger partial charge in [0.2, 0.25) is 0 Å². The number of carbonyl (C=O) groups excluding carboxylic acids is 1. The zero-order chi connectivity index (χ0) is 15.9. The van der Waals surface area contributed by atoms with Crippen LogP contribution in [0.3, 0.4) is 0 Å². The molecule has 0 unspecified atom stereocenters. The van der Waals surface area contributed by atoms with Crippen molar-refractivity contribution < 1.29 is 9.53 Å². The number of rotatable bonds is 5. The molecular formula is C17H17ClN2O2. The fourth-order valence-corrected chi connectivity index (χ4v) is 2.16. The molecule has 0 atom stereocenters. The Morgan fingerprint density at radius 2 is 1.91 bits per heavy atom. The van der Waals surface area contributed by atoms with Crippen molar-refractivity contribution in [3.63, 3.8) is 0 Å². The normalized spacial score (nSPS) is 11.1. The predicted octanol–water partition coefficient (Wildman–Crippen LogP) is 3.94. The molecule has 0 heterocycles. The molecule has 114 valence electrons. The molecule has 2 aromatic rings. The molecule has 0 spiro atoms. The highest BCUT2D eigenvalue weighted by Crippen LogP contribution is 2.27. The molecule has 0 saturated heterocycles. The summed E-state index contributed by atoms with van der Waals surface area (Å²) in [5.41, 5.74) is 8.43. The second-order valence-electron chi connectivity index (χ2n) is 4.50. The van der Waals surface area contributed by atoms with E-state index in [9.17, 15) is 4.79 Å². The molecular weight excluding hydrogens is 300 g/mol. The van der Waals surface area contributed by atoms with Crippen LogP contribution in [0, 0.1) is 0 Å². The van der Waals surface area contributed by atoms with Crippen molar-refractivity contribution in [2.24, 2.45) is 0 Å². The number of nitrogens with two attached hydrogens (primary N) is 1. The van der Waals surface area contributed by atoms with Crippen molar-refractivity contribution >= 4 is 34.6 Å². The van der Waals surface area contributed by atoms with Crippen molar-refractivity contribution in [3.05, 3.63) is 65.2 Å². The average Bonchev–Trinajstić information content (AvgIpc) is 2.49. The van der Waals surface area contributed by atoms with Crippen LogP contribution in [0.1, 0.15) is 12.5 Å². The Kier molecular flexibility index (Phi) is 5.44. The summed E-state index contributed by atoms with van der Waals surface area (Å²) in [6, 6.07) is 14.5. The van der Waals surface area contributed by atoms with Gasteiger partial charge in [0.1, 0.15) is 0 Å². The highest BCUT2D eigenvalue weighted by Gasteiger charge is 2.10. The fourth-order valence-electron chi connectivity index (χ4n) is 1.92. The second-order valence-corrected chi connectivity index (χ2v) is 4.91. The lowest BCUT2D eigenvalue weighted by atomic mass is 10.1. The third kappa shape index (κ3) is 4.02. The van der Waals surface area contributed by atoms with Gasteiger partial charge in [-0.05, 0) is 25.1 Å². The molecule has 3 N–H and O–H groups in total. The van der Waals surface area contributed by atoms with Gasteiger partial charge in [0.05, 0.1) is 23.7 Å². The summed E-state index contributed by atoms with van der Waals surface area (Å²) in [6.45, 7) is 2.06. The summed E-state index contributed by atoms with van der Waals surface area (Å²) in [5, 5.41) is 3.67. The first-order chi connectivity index (χ1) is 10.6. The lowest BCUT2D eigenvalue weighted by Gasteiger charge is -2.14. The highest BCUT2D eigenvalue weighted by molar-refractivity contribution is 6.32. The van der Waals surface area contributed by atoms with Gasteiger partial charge in [0.15, 0.2) is 0 Å². The van der Waals surface area contributed by atoms with Crippen LogP contribution in [-0.4, -0.2) is 12.6 Å². The van der Waals surface area contributed by atoms with Crippen molar-refractivity contribution in [2.45, 2.75) is 6.92 Å². The summed E-state index contributed by atoms with van der Waals surface area (Å²) in [6.07, 6.45) is 1.37. The average molecular weight is 317 g/mol. The van der Waals surface area contributed by atoms with Crippen LogP contribution in [0.15, 0.2) is 54.6 Å². The van der Waals surface area contributed by atoms with Crippen LogP contribution in [0.5, 0.6) is 0 Å². The van der Waals surface area contributed by atoms with E-state index in [2.05, 4.69) is 5.32 Å². The predicted molar refractivity (Wildman–Crippen MR) is 90.5 cm³/mol. The summed E-state index contributed by atoms with van der Waals surface area (Å²) in [7, 11) is 0. The van der Waals surface area contributed by atoms with Gasteiger partial charge >= 0.3 is 5.97 Å². The molecule has 2 aromatic carbocycles. The van der Waals surface area contributed by atoms with Gasteiger partial charge in [-0.15, -0.1) is 0 Å². The smallest absolute Gasteiger partial charge is 0.332 e. The number of benzene rings is 2. The Morgan fingerprint density at radius 1 is 1.23 bits per heavy atom. The number of hydrogen-bond acceptors (Lipinski definition) is 4. The van der Waals surface area contributed by atoms with E-state index in [0.717, 1.165) is 0 Å². The maximum Gasteiger partial charge on any atom is 0.332 e. The Bertz CT molecular complexity index is 699. The molecule has 0 amide bonds. The number of ether oxygens (including phenoxy) is 1. The SMILES string of the molecule is CCOC(=O)/C=C(/Nc1ccccc1N)c1ccccc1Cl. The molecule has 0 fully saturated rings. The molecule has 0 aliphatic rings. The minimum Gasteiger partial charge on any atom is -0.463 e. The number of nitrogen functional groups attached to an aromatic ring is 1. The first-order valence-corrected chi connectivity index (χ1v) is 7.24. The van der Waals surface area contributed by atoms with Crippen LogP contribution in [0.4, 0.5) is 11.4 Å². The van der Waals surface area contributed by atoms with Crippen molar-refractivity contribution in [2.75, 3.05) is 17.7 Å². The number of anilines is 2. The van der Waals surface area contributed by atoms with Crippen molar-refractivity contribution in [1.29, 1.82) is 0 Å². The van der Waals surface area contributed by atoms with Crippen LogP contribution in [0.25, 0.3) is 5.70 Å². The molecule has 5 heteroatoms. The quantitative estimate of drug-likeness (QED) is 0.498. The van der Waals surface area contributed by atoms with E-state index in [-0.39, 0.29) is 0 Å². The van der Waals surface area contributed by atoms with Gasteiger partial charge in [0.25, 0.3) is 0 Å². The summed E-state index contributed by atoms with van der Waals surface area (Å²) < 4.78 is 4.97. The summed E-state index contributed by atoms with van der Waals surface area (Å²) in [5.74, 6) is -0.445. The van der Waals surface area contributed by atoms with E-state index in [0.29, 0.717) is 34.3 Å². The number of para-hydroxylation sites is 2. The number of carbonyl (C=O) groups is 1. The molecule has 0 saturated carbocycles. The molecule has 0 aliphatic heterocycles. The van der Waals surface area contributed by atoms with Gasteiger partial charge in [-0.25, -0.2) is 4.79 Å². The highest BCUT2D eigenvalue weighted by atomic mass is 35.5. The van der Waals surface area contributed by atoms with Crippen LogP contribution >= 0.6 is 11.6 Å². The second kappa shape index (κ2) is 7.52. The molecule has 22 heavy (non-hydrogen) atoms. The third-order valence-corrected chi connectivity index (χ3v) is 3.27. The minimum atomic E-state index is -0.445. The maximum absolute atomic E-state index is 11.8. The number of nitrogens with one attached hydrogen (secondary N) is 1. The number of hydrogen-bond donors (Lipinski definition) is 2. The first-order valence-electron chi connectivity index (χ1n) is 6.86. The summed E-state index contributed by atoms with van der Waals surface area (Å²) in [4.78, 5) is 11.8. The van der Waals surface area contributed by atoms with E-state index in [1.165, 1.54) is 6.08 Å². The van der Waals surface area contributed by atoms with E-state index in [4.69, 9.17) is 22.1 Å². The monoisotopic (exact) mass is 316 g/mol. The van der Waals surface area contributed by atoms with Gasteiger partial charge in [0, 0.05) is 16.7 Å². The molecule has 2 rings (SSSR count). The Morgan fingerprint density at radius 3 is 2.59 bits per heavy atom. The van der Waals surface area contributed by atoms with Gasteiger partial charge in [-0.2, -0.15) is 0 Å². The fraction of sp³-hybridized carbons (Fsp3) is 0.118. The lowest BCUT2D eigenvalue weighted by molar-refractivity contribution is -0.137. The Hall–Kier alpha value is -2.46. The van der Waals surface area contributed by atoms with Crippen LogP contribution in [-0.2, 0) is 9.53 Å². The number of esters is 1. The van der Waals surface area contributed by atoms with Crippen molar-refractivity contribution in [3.8, 4) is 0 Å². The van der Waals surface area contributed by atoms with Gasteiger partial charge < -0.3 is 15.8 Å². The van der Waals surface area contributed by atoms with E-state index in [1.54, 1.807) is 19.1 Å². The largest absolute Gasteiger partial charge is 0.463 e. The van der Waals surface area contributed by atoms with E-state index < -0.39 is 5.97 Å². The third-order valence-electron chi connectivity index (χ3n) is 2.94. The van der Waals surface area contributed by atoms with E-state index in [1.807, 2.05) is 36.4 Å². The lowest BCUT2D eigenvalue weighted by Crippen LogP contribution is -2.07. The topological polar surface area (TPSA) is 64.3 Å². The Labute approximate surface area is 134 Å². The van der Waals surface area contributed by atoms with Gasteiger partial charge in [-0.1, -0.05) is 41.9 Å². The first kappa shape index (κ1) is 15.9. The molecule has 0 aliphatic carbocycles.